The van der Waals surface area contributed by atoms with Gasteiger partial charge in [-0.15, -0.1) is 0 Å². The van der Waals surface area contributed by atoms with Crippen molar-refractivity contribution in [2.45, 2.75) is 12.8 Å². The zero-order valence-corrected chi connectivity index (χ0v) is 10.00. The van der Waals surface area contributed by atoms with Crippen molar-refractivity contribution in [3.63, 3.8) is 0 Å². The van der Waals surface area contributed by atoms with Crippen LogP contribution in [0.25, 0.3) is 0 Å². The second-order valence-corrected chi connectivity index (χ2v) is 4.22. The zero-order chi connectivity index (χ0) is 13.0. The molecule has 0 heterocycles. The van der Waals surface area contributed by atoms with Gasteiger partial charge in [0.25, 0.3) is 0 Å². The summed E-state index contributed by atoms with van der Waals surface area (Å²) < 4.78 is 26.9. The van der Waals surface area contributed by atoms with Crippen molar-refractivity contribution in [1.29, 1.82) is 0 Å². The fourth-order valence-electron chi connectivity index (χ4n) is 2.04. The molecule has 0 aliphatic rings. The Hall–Kier alpha value is -1.74. The van der Waals surface area contributed by atoms with Crippen molar-refractivity contribution in [2.75, 3.05) is 6.54 Å². The Morgan fingerprint density at radius 2 is 1.78 bits per heavy atom. The number of rotatable bonds is 4. The summed E-state index contributed by atoms with van der Waals surface area (Å²) in [5, 5.41) is 0. The largest absolute Gasteiger partial charge is 0.330 e. The maximum Gasteiger partial charge on any atom is 0.127 e. The van der Waals surface area contributed by atoms with Crippen LogP contribution in [-0.4, -0.2) is 6.54 Å². The van der Waals surface area contributed by atoms with Gasteiger partial charge in [0.1, 0.15) is 11.6 Å². The summed E-state index contributed by atoms with van der Waals surface area (Å²) in [6, 6.07) is 11.2. The van der Waals surface area contributed by atoms with E-state index in [9.17, 15) is 8.78 Å². The molecule has 0 aromatic heterocycles. The standard InChI is InChI=1S/C15H15F2N/c16-13-5-1-3-11(9-13)10-14-12(7-8-18)4-2-6-15(14)17/h1-6,9H,7-8,10,18H2. The summed E-state index contributed by atoms with van der Waals surface area (Å²) in [5.41, 5.74) is 7.77. The lowest BCUT2D eigenvalue weighted by atomic mass is 9.97. The number of benzene rings is 2. The van der Waals surface area contributed by atoms with E-state index in [2.05, 4.69) is 0 Å². The molecule has 2 aromatic rings. The minimum Gasteiger partial charge on any atom is -0.330 e. The summed E-state index contributed by atoms with van der Waals surface area (Å²) in [7, 11) is 0. The maximum atomic E-state index is 13.8. The van der Waals surface area contributed by atoms with E-state index in [-0.39, 0.29) is 11.6 Å². The first kappa shape index (κ1) is 12.7. The lowest BCUT2D eigenvalue weighted by Gasteiger charge is -2.10. The Morgan fingerprint density at radius 3 is 2.50 bits per heavy atom. The monoisotopic (exact) mass is 247 g/mol. The Labute approximate surface area is 105 Å². The molecule has 0 atom stereocenters. The minimum absolute atomic E-state index is 0.259. The van der Waals surface area contributed by atoms with Crippen LogP contribution in [0.1, 0.15) is 16.7 Å². The lowest BCUT2D eigenvalue weighted by molar-refractivity contribution is 0.608. The summed E-state index contributed by atoms with van der Waals surface area (Å²) in [6.07, 6.45) is 1.02. The highest BCUT2D eigenvalue weighted by Crippen LogP contribution is 2.19. The van der Waals surface area contributed by atoms with Crippen LogP contribution in [-0.2, 0) is 12.8 Å². The summed E-state index contributed by atoms with van der Waals surface area (Å²) in [4.78, 5) is 0. The molecule has 0 saturated heterocycles. The fraction of sp³-hybridized carbons (Fsp3) is 0.200. The lowest BCUT2D eigenvalue weighted by Crippen LogP contribution is -2.07. The normalized spacial score (nSPS) is 10.6. The molecule has 94 valence electrons. The van der Waals surface area contributed by atoms with Crippen LogP contribution in [0.2, 0.25) is 0 Å². The van der Waals surface area contributed by atoms with Gasteiger partial charge in [-0.1, -0.05) is 24.3 Å². The number of halogens is 2. The van der Waals surface area contributed by atoms with Gasteiger partial charge < -0.3 is 5.73 Å². The maximum absolute atomic E-state index is 13.8. The molecular weight excluding hydrogens is 232 g/mol. The van der Waals surface area contributed by atoms with E-state index in [1.165, 1.54) is 18.2 Å². The highest BCUT2D eigenvalue weighted by Gasteiger charge is 2.09. The zero-order valence-electron chi connectivity index (χ0n) is 10.00. The first-order valence-corrected chi connectivity index (χ1v) is 5.91. The smallest absolute Gasteiger partial charge is 0.127 e. The summed E-state index contributed by atoms with van der Waals surface area (Å²) in [5.74, 6) is -0.561. The molecular formula is C15H15F2N. The number of hydrogen-bond acceptors (Lipinski definition) is 1. The molecule has 0 aliphatic heterocycles. The van der Waals surface area contributed by atoms with E-state index in [4.69, 9.17) is 5.73 Å². The predicted octanol–water partition coefficient (Wildman–Crippen LogP) is 3.06. The Kier molecular flexibility index (Phi) is 4.05. The van der Waals surface area contributed by atoms with Crippen LogP contribution in [0, 0.1) is 11.6 Å². The molecule has 2 rings (SSSR count). The molecule has 0 spiro atoms. The third kappa shape index (κ3) is 2.93. The second-order valence-electron chi connectivity index (χ2n) is 4.22. The molecule has 0 amide bonds. The first-order chi connectivity index (χ1) is 8.70. The quantitative estimate of drug-likeness (QED) is 0.883. The van der Waals surface area contributed by atoms with Crippen LogP contribution < -0.4 is 5.73 Å². The Morgan fingerprint density at radius 1 is 1.00 bits per heavy atom. The van der Waals surface area contributed by atoms with Crippen LogP contribution in [0.3, 0.4) is 0 Å². The van der Waals surface area contributed by atoms with Gasteiger partial charge in [0.05, 0.1) is 0 Å². The fourth-order valence-corrected chi connectivity index (χ4v) is 2.04. The molecule has 3 heteroatoms. The summed E-state index contributed by atoms with van der Waals surface area (Å²) in [6.45, 7) is 0.472. The van der Waals surface area contributed by atoms with Crippen molar-refractivity contribution >= 4 is 0 Å². The van der Waals surface area contributed by atoms with Gasteiger partial charge in [-0.05, 0) is 47.9 Å². The first-order valence-electron chi connectivity index (χ1n) is 5.91. The van der Waals surface area contributed by atoms with Crippen LogP contribution >= 0.6 is 0 Å². The molecule has 0 fully saturated rings. The van der Waals surface area contributed by atoms with Gasteiger partial charge in [-0.2, -0.15) is 0 Å². The third-order valence-corrected chi connectivity index (χ3v) is 2.90. The van der Waals surface area contributed by atoms with Crippen molar-refractivity contribution in [2.24, 2.45) is 5.73 Å². The second kappa shape index (κ2) is 5.74. The average Bonchev–Trinajstić information content (AvgIpc) is 2.34. The third-order valence-electron chi connectivity index (χ3n) is 2.90. The van der Waals surface area contributed by atoms with E-state index in [1.54, 1.807) is 18.2 Å². The highest BCUT2D eigenvalue weighted by atomic mass is 19.1. The van der Waals surface area contributed by atoms with Crippen LogP contribution in [0.15, 0.2) is 42.5 Å². The molecule has 2 aromatic carbocycles. The number of hydrogen-bond donors (Lipinski definition) is 1. The van der Waals surface area contributed by atoms with Crippen molar-refractivity contribution in [1.82, 2.24) is 0 Å². The van der Waals surface area contributed by atoms with Crippen molar-refractivity contribution < 1.29 is 8.78 Å². The van der Waals surface area contributed by atoms with E-state index in [1.807, 2.05) is 6.07 Å². The predicted molar refractivity (Wildman–Crippen MR) is 68.4 cm³/mol. The molecule has 0 saturated carbocycles. The molecule has 0 radical (unpaired) electrons. The van der Waals surface area contributed by atoms with E-state index in [0.717, 1.165) is 11.1 Å². The molecule has 18 heavy (non-hydrogen) atoms. The molecule has 1 nitrogen and oxygen atoms in total. The topological polar surface area (TPSA) is 26.0 Å². The summed E-state index contributed by atoms with van der Waals surface area (Å²) >= 11 is 0. The van der Waals surface area contributed by atoms with Crippen LogP contribution in [0.4, 0.5) is 8.78 Å². The van der Waals surface area contributed by atoms with Gasteiger partial charge in [-0.25, -0.2) is 8.78 Å². The van der Waals surface area contributed by atoms with E-state index < -0.39 is 0 Å². The van der Waals surface area contributed by atoms with Gasteiger partial charge >= 0.3 is 0 Å². The highest BCUT2D eigenvalue weighted by molar-refractivity contribution is 5.34. The molecule has 0 unspecified atom stereocenters. The van der Waals surface area contributed by atoms with Gasteiger partial charge in [0.15, 0.2) is 0 Å². The van der Waals surface area contributed by atoms with Crippen molar-refractivity contribution in [3.8, 4) is 0 Å². The van der Waals surface area contributed by atoms with E-state index >= 15 is 0 Å². The number of nitrogens with two attached hydrogens (primary N) is 1. The van der Waals surface area contributed by atoms with Gasteiger partial charge in [-0.3, -0.25) is 0 Å². The van der Waals surface area contributed by atoms with E-state index in [0.29, 0.717) is 24.9 Å². The molecule has 0 aliphatic carbocycles. The molecule has 0 bridgehead atoms. The molecule has 2 N–H and O–H groups in total. The Balaban J connectivity index is 2.33. The van der Waals surface area contributed by atoms with Crippen molar-refractivity contribution in [3.05, 3.63) is 70.8 Å². The SMILES string of the molecule is NCCc1cccc(F)c1Cc1cccc(F)c1. The Bertz CT molecular complexity index is 538. The minimum atomic E-state index is -0.302. The average molecular weight is 247 g/mol. The van der Waals surface area contributed by atoms with Crippen LogP contribution in [0.5, 0.6) is 0 Å². The van der Waals surface area contributed by atoms with Gasteiger partial charge in [0, 0.05) is 6.42 Å². The van der Waals surface area contributed by atoms with Gasteiger partial charge in [0.2, 0.25) is 0 Å².